The molecule has 3 aromatic rings. The average molecular weight is 571 g/mol. The van der Waals surface area contributed by atoms with Crippen LogP contribution in [-0.4, -0.2) is 45.4 Å². The smallest absolute Gasteiger partial charge is 0.119 e. The standard InChI is InChI=1S/C37H50N2O3/c1-37(2)34-19-16-30(40-3)25-28(34)12-18-35(37)32-17-15-31(41-4)26-33(32)36(38)20-11-27-9-13-29(14-10-27)42-24-23-39-21-7-5-6-8-22-39/h9-10,13-17,19,25-26,35-36H,5-8,11-12,18,20-24,38H2,1-4H3. The predicted octanol–water partition coefficient (Wildman–Crippen LogP) is 7.60. The van der Waals surface area contributed by atoms with Crippen LogP contribution in [0.3, 0.4) is 0 Å². The molecule has 2 unspecified atom stereocenters. The molecule has 0 aromatic heterocycles. The summed E-state index contributed by atoms with van der Waals surface area (Å²) >= 11 is 0. The molecule has 1 aliphatic carbocycles. The lowest BCUT2D eigenvalue weighted by atomic mass is 9.62. The molecule has 1 saturated heterocycles. The molecule has 0 amide bonds. The molecule has 42 heavy (non-hydrogen) atoms. The second-order valence-corrected chi connectivity index (χ2v) is 12.7. The van der Waals surface area contributed by atoms with Gasteiger partial charge in [0.15, 0.2) is 0 Å². The fraction of sp³-hybridized carbons (Fsp3) is 0.514. The highest BCUT2D eigenvalue weighted by molar-refractivity contribution is 5.48. The minimum atomic E-state index is -0.0762. The van der Waals surface area contributed by atoms with Gasteiger partial charge in [-0.05, 0) is 127 Å². The number of rotatable bonds is 11. The van der Waals surface area contributed by atoms with Crippen LogP contribution in [0.1, 0.15) is 92.1 Å². The van der Waals surface area contributed by atoms with Gasteiger partial charge in [-0.2, -0.15) is 0 Å². The van der Waals surface area contributed by atoms with E-state index in [4.69, 9.17) is 19.9 Å². The van der Waals surface area contributed by atoms with Crippen LogP contribution < -0.4 is 19.9 Å². The normalized spacial score (nSPS) is 19.4. The summed E-state index contributed by atoms with van der Waals surface area (Å²) in [6.07, 6.45) is 9.27. The minimum Gasteiger partial charge on any atom is -0.497 e. The van der Waals surface area contributed by atoms with Gasteiger partial charge in [0.2, 0.25) is 0 Å². The van der Waals surface area contributed by atoms with Gasteiger partial charge in [-0.1, -0.05) is 51.0 Å². The van der Waals surface area contributed by atoms with E-state index in [0.29, 0.717) is 5.92 Å². The Morgan fingerprint density at radius 1 is 0.857 bits per heavy atom. The molecule has 2 atom stereocenters. The fourth-order valence-electron chi connectivity index (χ4n) is 7.13. The summed E-state index contributed by atoms with van der Waals surface area (Å²) in [6.45, 7) is 8.92. The lowest BCUT2D eigenvalue weighted by Gasteiger charge is -2.42. The molecule has 3 aromatic carbocycles. The number of aryl methyl sites for hydroxylation is 2. The van der Waals surface area contributed by atoms with Crippen LogP contribution in [0.4, 0.5) is 0 Å². The predicted molar refractivity (Wildman–Crippen MR) is 172 cm³/mol. The average Bonchev–Trinajstić information content (AvgIpc) is 3.29. The van der Waals surface area contributed by atoms with Gasteiger partial charge in [0.05, 0.1) is 14.2 Å². The fourth-order valence-corrected chi connectivity index (χ4v) is 7.13. The zero-order chi connectivity index (χ0) is 29.5. The quantitative estimate of drug-likeness (QED) is 0.257. The van der Waals surface area contributed by atoms with Gasteiger partial charge in [0.25, 0.3) is 0 Å². The molecular formula is C37H50N2O3. The number of benzene rings is 3. The second kappa shape index (κ2) is 14.0. The van der Waals surface area contributed by atoms with E-state index in [1.54, 1.807) is 14.2 Å². The number of ether oxygens (including phenoxy) is 3. The van der Waals surface area contributed by atoms with Crippen molar-refractivity contribution in [1.82, 2.24) is 4.90 Å². The summed E-state index contributed by atoms with van der Waals surface area (Å²) in [5.41, 5.74) is 13.6. The second-order valence-electron chi connectivity index (χ2n) is 12.7. The third kappa shape index (κ3) is 7.12. The molecule has 5 heteroatoms. The molecule has 1 heterocycles. The maximum absolute atomic E-state index is 6.97. The first kappa shape index (κ1) is 30.4. The van der Waals surface area contributed by atoms with E-state index in [1.165, 1.54) is 66.6 Å². The molecule has 0 bridgehead atoms. The Hall–Kier alpha value is -3.02. The van der Waals surface area contributed by atoms with Crippen LogP contribution in [-0.2, 0) is 18.3 Å². The molecule has 0 radical (unpaired) electrons. The van der Waals surface area contributed by atoms with Crippen molar-refractivity contribution in [3.8, 4) is 17.2 Å². The van der Waals surface area contributed by atoms with Crippen molar-refractivity contribution in [2.24, 2.45) is 5.73 Å². The maximum atomic E-state index is 6.97. The van der Waals surface area contributed by atoms with E-state index in [9.17, 15) is 0 Å². The molecule has 1 aliphatic heterocycles. The summed E-state index contributed by atoms with van der Waals surface area (Å²) in [4.78, 5) is 2.54. The van der Waals surface area contributed by atoms with Crippen molar-refractivity contribution < 1.29 is 14.2 Å². The third-order valence-electron chi connectivity index (χ3n) is 9.69. The van der Waals surface area contributed by atoms with Crippen molar-refractivity contribution in [1.29, 1.82) is 0 Å². The van der Waals surface area contributed by atoms with Crippen molar-refractivity contribution in [3.05, 3.63) is 88.5 Å². The first-order valence-corrected chi connectivity index (χ1v) is 15.9. The molecule has 5 rings (SSSR count). The van der Waals surface area contributed by atoms with Crippen LogP contribution >= 0.6 is 0 Å². The van der Waals surface area contributed by atoms with Gasteiger partial charge in [0.1, 0.15) is 23.9 Å². The Labute approximate surface area is 253 Å². The number of hydrogen-bond donors (Lipinski definition) is 1. The molecule has 2 N–H and O–H groups in total. The monoisotopic (exact) mass is 570 g/mol. The molecule has 5 nitrogen and oxygen atoms in total. The third-order valence-corrected chi connectivity index (χ3v) is 9.69. The SMILES string of the molecule is COc1ccc2c(c1)CCC(c1ccc(OC)cc1C(N)CCc1ccc(OCCN3CCCCCC3)cc1)C2(C)C. The Morgan fingerprint density at radius 2 is 1.52 bits per heavy atom. The van der Waals surface area contributed by atoms with Crippen molar-refractivity contribution in [3.63, 3.8) is 0 Å². The van der Waals surface area contributed by atoms with Gasteiger partial charge < -0.3 is 19.9 Å². The van der Waals surface area contributed by atoms with Gasteiger partial charge >= 0.3 is 0 Å². The Bertz CT molecular complexity index is 1290. The number of fused-ring (bicyclic) bond motifs is 1. The van der Waals surface area contributed by atoms with Crippen LogP contribution in [0.5, 0.6) is 17.2 Å². The largest absolute Gasteiger partial charge is 0.497 e. The molecule has 0 saturated carbocycles. The molecule has 0 spiro atoms. The summed E-state index contributed by atoms with van der Waals surface area (Å²) in [7, 11) is 3.47. The van der Waals surface area contributed by atoms with Crippen molar-refractivity contribution >= 4 is 0 Å². The number of methoxy groups -OCH3 is 2. The summed E-state index contributed by atoms with van der Waals surface area (Å²) in [5, 5.41) is 0. The van der Waals surface area contributed by atoms with Gasteiger partial charge in [-0.3, -0.25) is 4.90 Å². The molecule has 226 valence electrons. The number of likely N-dealkylation sites (tertiary alicyclic amines) is 1. The zero-order valence-electron chi connectivity index (χ0n) is 26.2. The van der Waals surface area contributed by atoms with Crippen LogP contribution in [0.15, 0.2) is 60.7 Å². The molecule has 1 fully saturated rings. The first-order valence-electron chi connectivity index (χ1n) is 15.9. The lowest BCUT2D eigenvalue weighted by Crippen LogP contribution is -2.33. The first-order chi connectivity index (χ1) is 20.4. The summed E-state index contributed by atoms with van der Waals surface area (Å²) in [6, 6.07) is 21.6. The maximum Gasteiger partial charge on any atom is 0.119 e. The van der Waals surface area contributed by atoms with E-state index in [0.717, 1.165) is 56.1 Å². The van der Waals surface area contributed by atoms with Crippen LogP contribution in [0.2, 0.25) is 0 Å². The van der Waals surface area contributed by atoms with Gasteiger partial charge in [0, 0.05) is 12.6 Å². The highest BCUT2D eigenvalue weighted by Gasteiger charge is 2.39. The number of nitrogens with two attached hydrogens (primary N) is 1. The van der Waals surface area contributed by atoms with Crippen molar-refractivity contribution in [2.75, 3.05) is 40.5 Å². The summed E-state index contributed by atoms with van der Waals surface area (Å²) in [5.74, 6) is 3.12. The van der Waals surface area contributed by atoms with E-state index >= 15 is 0 Å². The van der Waals surface area contributed by atoms with E-state index in [2.05, 4.69) is 79.4 Å². The van der Waals surface area contributed by atoms with Crippen LogP contribution in [0.25, 0.3) is 0 Å². The van der Waals surface area contributed by atoms with E-state index in [1.807, 2.05) is 0 Å². The van der Waals surface area contributed by atoms with Crippen molar-refractivity contribution in [2.45, 2.75) is 82.6 Å². The molecular weight excluding hydrogens is 520 g/mol. The van der Waals surface area contributed by atoms with Crippen LogP contribution in [0, 0.1) is 0 Å². The Kier molecular flexibility index (Phi) is 10.1. The molecule has 2 aliphatic rings. The Balaban J connectivity index is 1.24. The highest BCUT2D eigenvalue weighted by atomic mass is 16.5. The highest BCUT2D eigenvalue weighted by Crippen LogP contribution is 2.49. The summed E-state index contributed by atoms with van der Waals surface area (Å²) < 4.78 is 17.2. The van der Waals surface area contributed by atoms with Gasteiger partial charge in [-0.15, -0.1) is 0 Å². The van der Waals surface area contributed by atoms with E-state index < -0.39 is 0 Å². The van der Waals surface area contributed by atoms with E-state index in [-0.39, 0.29) is 11.5 Å². The number of hydrogen-bond acceptors (Lipinski definition) is 5. The van der Waals surface area contributed by atoms with Gasteiger partial charge in [-0.25, -0.2) is 0 Å². The Morgan fingerprint density at radius 3 is 2.24 bits per heavy atom. The number of nitrogens with zero attached hydrogens (tertiary/aromatic N) is 1. The minimum absolute atomic E-state index is 0.0219. The lowest BCUT2D eigenvalue weighted by molar-refractivity contribution is 0.214. The zero-order valence-corrected chi connectivity index (χ0v) is 26.2. The topological polar surface area (TPSA) is 57.0 Å².